The minimum atomic E-state index is -0.0624. The molecule has 10 aromatic carbocycles. The van der Waals surface area contributed by atoms with Gasteiger partial charge < -0.3 is 4.42 Å². The van der Waals surface area contributed by atoms with Gasteiger partial charge >= 0.3 is 0 Å². The summed E-state index contributed by atoms with van der Waals surface area (Å²) in [6.45, 7) is 4.72. The highest BCUT2D eigenvalue weighted by molar-refractivity contribution is 6.22. The molecule has 12 rings (SSSR count). The van der Waals surface area contributed by atoms with E-state index in [1.807, 2.05) is 0 Å². The van der Waals surface area contributed by atoms with E-state index >= 15 is 0 Å². The van der Waals surface area contributed by atoms with Crippen molar-refractivity contribution in [1.82, 2.24) is 0 Å². The molecule has 58 heavy (non-hydrogen) atoms. The normalized spacial score (nSPS) is 13.1. The van der Waals surface area contributed by atoms with Crippen LogP contribution in [0.1, 0.15) is 25.0 Å². The number of furan rings is 1. The molecule has 0 fully saturated rings. The molecule has 0 bridgehead atoms. The molecule has 0 aliphatic heterocycles. The van der Waals surface area contributed by atoms with Crippen LogP contribution in [-0.4, -0.2) is 0 Å². The number of benzene rings is 10. The Hall–Kier alpha value is -7.22. The highest BCUT2D eigenvalue weighted by Crippen LogP contribution is 2.52. The van der Waals surface area contributed by atoms with Gasteiger partial charge in [-0.2, -0.15) is 0 Å². The molecule has 1 heteroatoms. The molecule has 11 aromatic rings. The van der Waals surface area contributed by atoms with Crippen molar-refractivity contribution in [2.24, 2.45) is 0 Å². The average molecular weight is 739 g/mol. The quantitative estimate of drug-likeness (QED) is 0.164. The third kappa shape index (κ3) is 4.83. The molecule has 0 saturated carbocycles. The summed E-state index contributed by atoms with van der Waals surface area (Å²) in [5, 5.41) is 9.83. The zero-order valence-corrected chi connectivity index (χ0v) is 32.4. The van der Waals surface area contributed by atoms with Gasteiger partial charge in [0.25, 0.3) is 0 Å². The van der Waals surface area contributed by atoms with Gasteiger partial charge in [0.15, 0.2) is 0 Å². The van der Waals surface area contributed by atoms with Crippen molar-refractivity contribution in [2.75, 3.05) is 0 Å². The van der Waals surface area contributed by atoms with Gasteiger partial charge in [0, 0.05) is 16.2 Å². The first kappa shape index (κ1) is 33.0. The summed E-state index contributed by atoms with van der Waals surface area (Å²) >= 11 is 0. The maximum atomic E-state index is 6.53. The van der Waals surface area contributed by atoms with Gasteiger partial charge in [0.1, 0.15) is 11.2 Å². The molecule has 0 saturated heterocycles. The maximum absolute atomic E-state index is 6.53. The molecular formula is C57H38O. The lowest BCUT2D eigenvalue weighted by Crippen LogP contribution is -2.14. The summed E-state index contributed by atoms with van der Waals surface area (Å²) in [6, 6.07) is 71.4. The van der Waals surface area contributed by atoms with E-state index in [1.54, 1.807) is 0 Å². The lowest BCUT2D eigenvalue weighted by molar-refractivity contribution is 0.661. The number of hydrogen-bond donors (Lipinski definition) is 0. The summed E-state index contributed by atoms with van der Waals surface area (Å²) < 4.78 is 6.53. The summed E-state index contributed by atoms with van der Waals surface area (Å²) in [5.74, 6) is 0. The number of rotatable bonds is 4. The van der Waals surface area contributed by atoms with Gasteiger partial charge in [-0.25, -0.2) is 0 Å². The predicted octanol–water partition coefficient (Wildman–Crippen LogP) is 16.0. The second kappa shape index (κ2) is 12.4. The molecule has 0 amide bonds. The summed E-state index contributed by atoms with van der Waals surface area (Å²) in [5.41, 5.74) is 17.0. The number of hydrogen-bond acceptors (Lipinski definition) is 1. The number of fused-ring (bicyclic) bond motifs is 10. The Morgan fingerprint density at radius 1 is 0.310 bits per heavy atom. The van der Waals surface area contributed by atoms with Crippen molar-refractivity contribution in [2.45, 2.75) is 19.3 Å². The van der Waals surface area contributed by atoms with Crippen molar-refractivity contribution >= 4 is 54.3 Å². The largest absolute Gasteiger partial charge is 0.456 e. The molecule has 1 aliphatic carbocycles. The van der Waals surface area contributed by atoms with Crippen LogP contribution >= 0.6 is 0 Å². The lowest BCUT2D eigenvalue weighted by atomic mass is 9.82. The van der Waals surface area contributed by atoms with Gasteiger partial charge in [-0.15, -0.1) is 0 Å². The molecule has 0 N–H and O–H groups in total. The fraction of sp³-hybridized carbons (Fsp3) is 0.0526. The highest BCUT2D eigenvalue weighted by atomic mass is 16.3. The van der Waals surface area contributed by atoms with Crippen LogP contribution in [0.25, 0.3) is 110 Å². The minimum absolute atomic E-state index is 0.0624. The smallest absolute Gasteiger partial charge is 0.135 e. The van der Waals surface area contributed by atoms with Crippen LogP contribution in [0.15, 0.2) is 199 Å². The third-order valence-electron chi connectivity index (χ3n) is 12.8. The van der Waals surface area contributed by atoms with Crippen LogP contribution < -0.4 is 0 Å². The van der Waals surface area contributed by atoms with Crippen LogP contribution in [0.2, 0.25) is 0 Å². The van der Waals surface area contributed by atoms with Crippen LogP contribution in [0.3, 0.4) is 0 Å². The molecule has 1 aromatic heterocycles. The molecule has 1 aliphatic rings. The summed E-state index contributed by atoms with van der Waals surface area (Å²) in [4.78, 5) is 0. The molecule has 272 valence electrons. The Balaban J connectivity index is 1.03. The van der Waals surface area contributed by atoms with Gasteiger partial charge in [-0.1, -0.05) is 172 Å². The molecule has 0 radical (unpaired) electrons. The van der Waals surface area contributed by atoms with Crippen molar-refractivity contribution in [1.29, 1.82) is 0 Å². The van der Waals surface area contributed by atoms with Crippen LogP contribution in [0, 0.1) is 0 Å². The molecule has 1 heterocycles. The average Bonchev–Trinajstić information content (AvgIpc) is 3.76. The maximum Gasteiger partial charge on any atom is 0.135 e. The molecule has 1 nitrogen and oxygen atoms in total. The Bertz CT molecular complexity index is 3410. The Morgan fingerprint density at radius 3 is 1.48 bits per heavy atom. The lowest BCUT2D eigenvalue weighted by Gasteiger charge is -2.21. The molecule has 0 spiro atoms. The van der Waals surface area contributed by atoms with E-state index in [0.717, 1.165) is 21.9 Å². The van der Waals surface area contributed by atoms with E-state index in [2.05, 4.69) is 208 Å². The fourth-order valence-corrected chi connectivity index (χ4v) is 10.1. The zero-order chi connectivity index (χ0) is 38.5. The highest BCUT2D eigenvalue weighted by Gasteiger charge is 2.36. The van der Waals surface area contributed by atoms with E-state index in [0.29, 0.717) is 0 Å². The van der Waals surface area contributed by atoms with Crippen LogP contribution in [0.4, 0.5) is 0 Å². The Morgan fingerprint density at radius 2 is 0.793 bits per heavy atom. The zero-order valence-electron chi connectivity index (χ0n) is 32.4. The van der Waals surface area contributed by atoms with Crippen molar-refractivity contribution in [3.05, 3.63) is 205 Å². The molecule has 0 atom stereocenters. The topological polar surface area (TPSA) is 13.1 Å². The van der Waals surface area contributed by atoms with Crippen LogP contribution in [-0.2, 0) is 5.41 Å². The van der Waals surface area contributed by atoms with Crippen molar-refractivity contribution in [3.8, 4) is 55.6 Å². The van der Waals surface area contributed by atoms with E-state index in [4.69, 9.17) is 4.42 Å². The monoisotopic (exact) mass is 738 g/mol. The van der Waals surface area contributed by atoms with Gasteiger partial charge in [0.05, 0.1) is 0 Å². The van der Waals surface area contributed by atoms with E-state index in [-0.39, 0.29) is 5.41 Å². The van der Waals surface area contributed by atoms with Gasteiger partial charge in [0.2, 0.25) is 0 Å². The van der Waals surface area contributed by atoms with E-state index in [9.17, 15) is 0 Å². The second-order valence-electron chi connectivity index (χ2n) is 16.4. The summed E-state index contributed by atoms with van der Waals surface area (Å²) in [6.07, 6.45) is 0. The first-order valence-corrected chi connectivity index (χ1v) is 20.2. The van der Waals surface area contributed by atoms with Crippen LogP contribution in [0.5, 0.6) is 0 Å². The molecular weight excluding hydrogens is 701 g/mol. The van der Waals surface area contributed by atoms with E-state index in [1.165, 1.54) is 99.1 Å². The van der Waals surface area contributed by atoms with Gasteiger partial charge in [-0.05, 0) is 135 Å². The molecule has 0 unspecified atom stereocenters. The van der Waals surface area contributed by atoms with Crippen molar-refractivity contribution in [3.63, 3.8) is 0 Å². The minimum Gasteiger partial charge on any atom is -0.456 e. The van der Waals surface area contributed by atoms with Gasteiger partial charge in [-0.3, -0.25) is 0 Å². The second-order valence-corrected chi connectivity index (χ2v) is 16.4. The predicted molar refractivity (Wildman–Crippen MR) is 246 cm³/mol. The Labute approximate surface area is 337 Å². The van der Waals surface area contributed by atoms with Crippen molar-refractivity contribution < 1.29 is 4.42 Å². The third-order valence-corrected chi connectivity index (χ3v) is 12.8. The fourth-order valence-electron chi connectivity index (χ4n) is 10.1. The summed E-state index contributed by atoms with van der Waals surface area (Å²) in [7, 11) is 0. The first-order valence-electron chi connectivity index (χ1n) is 20.2. The Kier molecular flexibility index (Phi) is 7.04. The SMILES string of the molecule is CC1(C)c2ccc(-c3ccc4oc5ccc(-c6c7ccccc7c(-c7cccc(-c8ccccc8)c7)c7ccccc67)cc5c4c3)cc2-c2c1ccc1ccccc21. The first-order chi connectivity index (χ1) is 28.5. The standard InChI is InChI=1S/C57H38O/c1-57(2)50-27-24-38(33-49(50)56-42-18-7-6-15-36(42)23-28-51(56)57)39-25-29-52-47(32-39)48-34-41(26-30-53(48)58-52)55-45-21-10-8-19-43(45)54(44-20-9-11-22-46(44)55)40-17-12-16-37(31-40)35-13-4-3-5-14-35/h3-34H,1-2H3. The van der Waals surface area contributed by atoms with E-state index < -0.39 is 0 Å².